The first kappa shape index (κ1) is 13.5. The molecule has 0 aliphatic carbocycles. The molecular weight excluding hydrogens is 200 g/mol. The first-order valence-electron chi connectivity index (χ1n) is 6.79. The molecule has 0 aromatic carbocycles. The summed E-state index contributed by atoms with van der Waals surface area (Å²) in [7, 11) is 0. The topological polar surface area (TPSA) is 32.3 Å². The van der Waals surface area contributed by atoms with Crippen LogP contribution in [0.2, 0.25) is 0 Å². The summed E-state index contributed by atoms with van der Waals surface area (Å²) in [6.07, 6.45) is 6.41. The van der Waals surface area contributed by atoms with Gasteiger partial charge in [-0.15, -0.1) is 0 Å². The average molecular weight is 226 g/mol. The number of hydrogen-bond donors (Lipinski definition) is 1. The number of carbonyl (C=O) groups excluding carboxylic acids is 1. The molecule has 1 fully saturated rings. The summed E-state index contributed by atoms with van der Waals surface area (Å²) in [5, 5.41) is 3.52. The Balaban J connectivity index is 2.28. The van der Waals surface area contributed by atoms with Gasteiger partial charge < -0.3 is 10.2 Å². The number of rotatable bonds is 6. The van der Waals surface area contributed by atoms with E-state index in [1.807, 2.05) is 4.90 Å². The Morgan fingerprint density at radius 3 is 2.88 bits per heavy atom. The molecule has 1 aliphatic rings. The zero-order valence-electron chi connectivity index (χ0n) is 10.8. The molecule has 3 heteroatoms. The highest BCUT2D eigenvalue weighted by Gasteiger charge is 2.22. The van der Waals surface area contributed by atoms with Crippen LogP contribution in [-0.4, -0.2) is 36.5 Å². The lowest BCUT2D eigenvalue weighted by molar-refractivity contribution is -0.132. The fourth-order valence-electron chi connectivity index (χ4n) is 2.20. The van der Waals surface area contributed by atoms with E-state index in [1.165, 1.54) is 12.8 Å². The van der Waals surface area contributed by atoms with Gasteiger partial charge in [0.05, 0.1) is 0 Å². The van der Waals surface area contributed by atoms with Crippen molar-refractivity contribution in [2.75, 3.05) is 19.6 Å². The maximum atomic E-state index is 11.9. The molecule has 1 saturated heterocycles. The summed E-state index contributed by atoms with van der Waals surface area (Å²) in [4.78, 5) is 13.9. The lowest BCUT2D eigenvalue weighted by atomic mass is 10.0. The molecule has 0 bridgehead atoms. The second-order valence-electron chi connectivity index (χ2n) is 4.74. The molecule has 0 spiro atoms. The Kier molecular flexibility index (Phi) is 6.46. The van der Waals surface area contributed by atoms with Crippen LogP contribution in [0.3, 0.4) is 0 Å². The highest BCUT2D eigenvalue weighted by Crippen LogP contribution is 2.12. The second-order valence-corrected chi connectivity index (χ2v) is 4.74. The molecule has 3 nitrogen and oxygen atoms in total. The van der Waals surface area contributed by atoms with E-state index in [2.05, 4.69) is 19.2 Å². The molecule has 0 radical (unpaired) electrons. The first-order chi connectivity index (χ1) is 7.77. The van der Waals surface area contributed by atoms with E-state index in [1.54, 1.807) is 0 Å². The highest BCUT2D eigenvalue weighted by atomic mass is 16.2. The van der Waals surface area contributed by atoms with E-state index < -0.39 is 0 Å². The molecule has 1 aliphatic heterocycles. The molecular formula is C13H26N2O. The summed E-state index contributed by atoms with van der Waals surface area (Å²) < 4.78 is 0. The third-order valence-electron chi connectivity index (χ3n) is 3.20. The predicted molar refractivity (Wildman–Crippen MR) is 67.4 cm³/mol. The van der Waals surface area contributed by atoms with Crippen LogP contribution in [0, 0.1) is 0 Å². The summed E-state index contributed by atoms with van der Waals surface area (Å²) >= 11 is 0. The van der Waals surface area contributed by atoms with Gasteiger partial charge in [0.1, 0.15) is 0 Å². The van der Waals surface area contributed by atoms with Gasteiger partial charge in [0.15, 0.2) is 0 Å². The monoisotopic (exact) mass is 226 g/mol. The molecule has 1 unspecified atom stereocenters. The quantitative estimate of drug-likeness (QED) is 0.753. The SMILES string of the molecule is CCCCC(=O)N1CCCC(NCCC)C1. The fourth-order valence-corrected chi connectivity index (χ4v) is 2.20. The number of carbonyl (C=O) groups is 1. The number of hydrogen-bond acceptors (Lipinski definition) is 2. The number of nitrogens with zero attached hydrogens (tertiary/aromatic N) is 1. The van der Waals surface area contributed by atoms with Crippen LogP contribution in [0.4, 0.5) is 0 Å². The van der Waals surface area contributed by atoms with Crippen molar-refractivity contribution in [2.24, 2.45) is 0 Å². The molecule has 1 N–H and O–H groups in total. The maximum Gasteiger partial charge on any atom is 0.222 e. The van der Waals surface area contributed by atoms with Gasteiger partial charge in [-0.1, -0.05) is 20.3 Å². The molecule has 1 atom stereocenters. The van der Waals surface area contributed by atoms with E-state index in [9.17, 15) is 4.79 Å². The van der Waals surface area contributed by atoms with Crippen molar-refractivity contribution in [2.45, 2.75) is 58.4 Å². The third-order valence-corrected chi connectivity index (χ3v) is 3.20. The van der Waals surface area contributed by atoms with Crippen molar-refractivity contribution in [1.82, 2.24) is 10.2 Å². The summed E-state index contributed by atoms with van der Waals surface area (Å²) in [5.74, 6) is 0.352. The van der Waals surface area contributed by atoms with E-state index >= 15 is 0 Å². The lowest BCUT2D eigenvalue weighted by Crippen LogP contribution is -2.48. The van der Waals surface area contributed by atoms with Gasteiger partial charge in [-0.2, -0.15) is 0 Å². The van der Waals surface area contributed by atoms with Gasteiger partial charge in [-0.3, -0.25) is 4.79 Å². The Morgan fingerprint density at radius 2 is 2.19 bits per heavy atom. The number of likely N-dealkylation sites (tertiary alicyclic amines) is 1. The normalized spacial score (nSPS) is 21.1. The summed E-state index contributed by atoms with van der Waals surface area (Å²) in [6.45, 7) is 7.27. The standard InChI is InChI=1S/C13H26N2O/c1-3-5-8-13(16)15-10-6-7-12(11-15)14-9-4-2/h12,14H,3-11H2,1-2H3. The minimum Gasteiger partial charge on any atom is -0.341 e. The van der Waals surface area contributed by atoms with Crippen LogP contribution in [0.1, 0.15) is 52.4 Å². The van der Waals surface area contributed by atoms with Crippen LogP contribution < -0.4 is 5.32 Å². The Labute approximate surface area is 99.6 Å². The zero-order valence-corrected chi connectivity index (χ0v) is 10.8. The van der Waals surface area contributed by atoms with E-state index in [0.717, 1.165) is 45.3 Å². The van der Waals surface area contributed by atoms with Crippen molar-refractivity contribution < 1.29 is 4.79 Å². The first-order valence-corrected chi connectivity index (χ1v) is 6.79. The van der Waals surface area contributed by atoms with Gasteiger partial charge >= 0.3 is 0 Å². The van der Waals surface area contributed by atoms with Gasteiger partial charge in [-0.05, 0) is 32.2 Å². The van der Waals surface area contributed by atoms with Crippen LogP contribution >= 0.6 is 0 Å². The van der Waals surface area contributed by atoms with E-state index in [-0.39, 0.29) is 0 Å². The van der Waals surface area contributed by atoms with Crippen molar-refractivity contribution in [1.29, 1.82) is 0 Å². The van der Waals surface area contributed by atoms with Crippen LogP contribution in [0.15, 0.2) is 0 Å². The number of amides is 1. The lowest BCUT2D eigenvalue weighted by Gasteiger charge is -2.33. The fraction of sp³-hybridized carbons (Fsp3) is 0.923. The molecule has 1 rings (SSSR count). The largest absolute Gasteiger partial charge is 0.341 e. The average Bonchev–Trinajstić information content (AvgIpc) is 2.33. The molecule has 0 saturated carbocycles. The second kappa shape index (κ2) is 7.66. The minimum atomic E-state index is 0.352. The molecule has 1 heterocycles. The zero-order chi connectivity index (χ0) is 11.8. The highest BCUT2D eigenvalue weighted by molar-refractivity contribution is 5.76. The van der Waals surface area contributed by atoms with Crippen molar-refractivity contribution in [3.8, 4) is 0 Å². The third kappa shape index (κ3) is 4.52. The van der Waals surface area contributed by atoms with Crippen molar-refractivity contribution >= 4 is 5.91 Å². The Hall–Kier alpha value is -0.570. The molecule has 94 valence electrons. The molecule has 0 aromatic heterocycles. The van der Waals surface area contributed by atoms with Crippen molar-refractivity contribution in [3.63, 3.8) is 0 Å². The number of piperidine rings is 1. The van der Waals surface area contributed by atoms with Gasteiger partial charge in [-0.25, -0.2) is 0 Å². The number of unbranched alkanes of at least 4 members (excludes halogenated alkanes) is 1. The smallest absolute Gasteiger partial charge is 0.222 e. The predicted octanol–water partition coefficient (Wildman–Crippen LogP) is 2.17. The van der Waals surface area contributed by atoms with E-state index in [0.29, 0.717) is 11.9 Å². The molecule has 0 aromatic rings. The maximum absolute atomic E-state index is 11.9. The van der Waals surface area contributed by atoms with Gasteiger partial charge in [0.25, 0.3) is 0 Å². The molecule has 16 heavy (non-hydrogen) atoms. The van der Waals surface area contributed by atoms with Gasteiger partial charge in [0, 0.05) is 25.6 Å². The Morgan fingerprint density at radius 1 is 1.38 bits per heavy atom. The van der Waals surface area contributed by atoms with Crippen LogP contribution in [-0.2, 0) is 4.79 Å². The van der Waals surface area contributed by atoms with Crippen LogP contribution in [0.25, 0.3) is 0 Å². The van der Waals surface area contributed by atoms with E-state index in [4.69, 9.17) is 0 Å². The van der Waals surface area contributed by atoms with Crippen molar-refractivity contribution in [3.05, 3.63) is 0 Å². The number of nitrogens with one attached hydrogen (secondary N) is 1. The summed E-state index contributed by atoms with van der Waals surface area (Å²) in [5.41, 5.74) is 0. The van der Waals surface area contributed by atoms with Gasteiger partial charge in [0.2, 0.25) is 5.91 Å². The summed E-state index contributed by atoms with van der Waals surface area (Å²) in [6, 6.07) is 0.527. The minimum absolute atomic E-state index is 0.352. The Bertz CT molecular complexity index is 206. The van der Waals surface area contributed by atoms with Crippen LogP contribution in [0.5, 0.6) is 0 Å². The molecule has 1 amide bonds.